The molecule has 1 aromatic carbocycles. The highest BCUT2D eigenvalue weighted by Gasteiger charge is 2.05. The fourth-order valence-corrected chi connectivity index (χ4v) is 1.49. The molecule has 0 amide bonds. The summed E-state index contributed by atoms with van der Waals surface area (Å²) in [5.74, 6) is -0.373. The van der Waals surface area contributed by atoms with Crippen LogP contribution < -0.4 is 5.32 Å². The van der Waals surface area contributed by atoms with E-state index < -0.39 is 0 Å². The van der Waals surface area contributed by atoms with Gasteiger partial charge in [0, 0.05) is 11.7 Å². The number of benzene rings is 1. The standard InChI is InChI=1S/C11H15ClFN/c1-3-8(4-2)14-9-5-6-11(13)10(12)7-9/h5-8,14H,3-4H2,1-2H3. The molecule has 0 heterocycles. The molecule has 0 atom stereocenters. The maximum Gasteiger partial charge on any atom is 0.141 e. The van der Waals surface area contributed by atoms with Crippen molar-refractivity contribution in [3.63, 3.8) is 0 Å². The highest BCUT2D eigenvalue weighted by molar-refractivity contribution is 6.31. The van der Waals surface area contributed by atoms with Crippen LogP contribution in [0, 0.1) is 5.82 Å². The maximum atomic E-state index is 12.8. The van der Waals surface area contributed by atoms with Crippen molar-refractivity contribution >= 4 is 17.3 Å². The third kappa shape index (κ3) is 2.88. The molecule has 1 rings (SSSR count). The van der Waals surface area contributed by atoms with Crippen LogP contribution in [0.15, 0.2) is 18.2 Å². The van der Waals surface area contributed by atoms with Crippen molar-refractivity contribution in [1.82, 2.24) is 0 Å². The predicted octanol–water partition coefficient (Wildman–Crippen LogP) is 4.08. The summed E-state index contributed by atoms with van der Waals surface area (Å²) in [4.78, 5) is 0. The Morgan fingerprint density at radius 1 is 1.36 bits per heavy atom. The molecule has 0 bridgehead atoms. The second-order valence-corrected chi connectivity index (χ2v) is 3.69. The molecule has 0 aromatic heterocycles. The quantitative estimate of drug-likeness (QED) is 0.798. The van der Waals surface area contributed by atoms with Crippen LogP contribution in [-0.4, -0.2) is 6.04 Å². The van der Waals surface area contributed by atoms with Crippen LogP contribution in [0.3, 0.4) is 0 Å². The third-order valence-corrected chi connectivity index (χ3v) is 2.57. The van der Waals surface area contributed by atoms with E-state index >= 15 is 0 Å². The van der Waals surface area contributed by atoms with Gasteiger partial charge in [0.25, 0.3) is 0 Å². The van der Waals surface area contributed by atoms with E-state index in [2.05, 4.69) is 19.2 Å². The van der Waals surface area contributed by atoms with Crippen molar-refractivity contribution in [2.75, 3.05) is 5.32 Å². The number of halogens is 2. The fourth-order valence-electron chi connectivity index (χ4n) is 1.31. The zero-order chi connectivity index (χ0) is 10.6. The van der Waals surface area contributed by atoms with Crippen LogP contribution in [0.2, 0.25) is 5.02 Å². The first kappa shape index (κ1) is 11.3. The van der Waals surface area contributed by atoms with Gasteiger partial charge in [0.1, 0.15) is 5.82 Å². The van der Waals surface area contributed by atoms with Crippen molar-refractivity contribution < 1.29 is 4.39 Å². The summed E-state index contributed by atoms with van der Waals surface area (Å²) in [5.41, 5.74) is 0.880. The minimum Gasteiger partial charge on any atom is -0.382 e. The van der Waals surface area contributed by atoms with Crippen LogP contribution in [0.5, 0.6) is 0 Å². The highest BCUT2D eigenvalue weighted by atomic mass is 35.5. The lowest BCUT2D eigenvalue weighted by Gasteiger charge is -2.16. The van der Waals surface area contributed by atoms with E-state index in [0.29, 0.717) is 6.04 Å². The first-order valence-corrected chi connectivity index (χ1v) is 5.26. The lowest BCUT2D eigenvalue weighted by molar-refractivity contribution is 0.627. The second kappa shape index (κ2) is 5.20. The summed E-state index contributed by atoms with van der Waals surface area (Å²) in [6.45, 7) is 4.23. The molecule has 1 aromatic rings. The van der Waals surface area contributed by atoms with E-state index in [9.17, 15) is 4.39 Å². The maximum absolute atomic E-state index is 12.8. The molecule has 0 fully saturated rings. The van der Waals surface area contributed by atoms with Crippen LogP contribution in [0.4, 0.5) is 10.1 Å². The number of hydrogen-bond donors (Lipinski definition) is 1. The van der Waals surface area contributed by atoms with Crippen LogP contribution >= 0.6 is 11.6 Å². The first-order chi connectivity index (χ1) is 6.67. The summed E-state index contributed by atoms with van der Waals surface area (Å²) in [6, 6.07) is 5.14. The average molecular weight is 216 g/mol. The molecule has 78 valence electrons. The molecule has 0 saturated heterocycles. The Morgan fingerprint density at radius 2 is 2.00 bits per heavy atom. The molecule has 0 spiro atoms. The predicted molar refractivity (Wildman–Crippen MR) is 59.4 cm³/mol. The molecule has 1 nitrogen and oxygen atoms in total. The Labute approximate surface area is 89.3 Å². The van der Waals surface area contributed by atoms with Gasteiger partial charge < -0.3 is 5.32 Å². The number of anilines is 1. The zero-order valence-corrected chi connectivity index (χ0v) is 9.24. The molecule has 1 N–H and O–H groups in total. The highest BCUT2D eigenvalue weighted by Crippen LogP contribution is 2.20. The molecule has 3 heteroatoms. The van der Waals surface area contributed by atoms with Gasteiger partial charge in [-0.25, -0.2) is 4.39 Å². The summed E-state index contributed by atoms with van der Waals surface area (Å²) < 4.78 is 12.8. The van der Waals surface area contributed by atoms with E-state index in [4.69, 9.17) is 11.6 Å². The van der Waals surface area contributed by atoms with Crippen molar-refractivity contribution in [2.45, 2.75) is 32.7 Å². The van der Waals surface area contributed by atoms with Crippen molar-refractivity contribution in [3.8, 4) is 0 Å². The van der Waals surface area contributed by atoms with E-state index in [1.165, 1.54) is 6.07 Å². The van der Waals surface area contributed by atoms with Crippen molar-refractivity contribution in [3.05, 3.63) is 29.0 Å². The Bertz CT molecular complexity index is 297. The molecule has 0 radical (unpaired) electrons. The number of hydrogen-bond acceptors (Lipinski definition) is 1. The van der Waals surface area contributed by atoms with Gasteiger partial charge in [-0.3, -0.25) is 0 Å². The summed E-state index contributed by atoms with van der Waals surface area (Å²) >= 11 is 5.67. The Kier molecular flexibility index (Phi) is 4.21. The topological polar surface area (TPSA) is 12.0 Å². The normalized spacial score (nSPS) is 10.6. The Balaban J connectivity index is 2.72. The summed E-state index contributed by atoms with van der Waals surface area (Å²) in [5, 5.41) is 3.46. The first-order valence-electron chi connectivity index (χ1n) is 4.89. The van der Waals surface area contributed by atoms with Gasteiger partial charge >= 0.3 is 0 Å². The monoisotopic (exact) mass is 215 g/mol. The van der Waals surface area contributed by atoms with Crippen LogP contribution in [-0.2, 0) is 0 Å². The SMILES string of the molecule is CCC(CC)Nc1ccc(F)c(Cl)c1. The van der Waals surface area contributed by atoms with Crippen molar-refractivity contribution in [1.29, 1.82) is 0 Å². The number of nitrogens with one attached hydrogen (secondary N) is 1. The molecule has 0 aliphatic rings. The van der Waals surface area contributed by atoms with E-state index in [0.717, 1.165) is 18.5 Å². The van der Waals surface area contributed by atoms with E-state index in [-0.39, 0.29) is 10.8 Å². The third-order valence-electron chi connectivity index (χ3n) is 2.28. The van der Waals surface area contributed by atoms with Gasteiger partial charge in [-0.2, -0.15) is 0 Å². The molecule has 0 unspecified atom stereocenters. The minimum absolute atomic E-state index is 0.168. The second-order valence-electron chi connectivity index (χ2n) is 3.29. The van der Waals surface area contributed by atoms with E-state index in [1.54, 1.807) is 12.1 Å². The van der Waals surface area contributed by atoms with Gasteiger partial charge in [0.05, 0.1) is 5.02 Å². The Hall–Kier alpha value is -0.760. The lowest BCUT2D eigenvalue weighted by Crippen LogP contribution is -2.16. The molecule has 0 aliphatic carbocycles. The smallest absolute Gasteiger partial charge is 0.141 e. The zero-order valence-electron chi connectivity index (χ0n) is 8.48. The largest absolute Gasteiger partial charge is 0.382 e. The van der Waals surface area contributed by atoms with Crippen LogP contribution in [0.1, 0.15) is 26.7 Å². The minimum atomic E-state index is -0.373. The molecular weight excluding hydrogens is 201 g/mol. The fraction of sp³-hybridized carbons (Fsp3) is 0.455. The van der Waals surface area contributed by atoms with Crippen LogP contribution in [0.25, 0.3) is 0 Å². The average Bonchev–Trinajstić information content (AvgIpc) is 2.19. The van der Waals surface area contributed by atoms with Gasteiger partial charge in [-0.15, -0.1) is 0 Å². The number of rotatable bonds is 4. The molecule has 14 heavy (non-hydrogen) atoms. The molecular formula is C11H15ClFN. The lowest BCUT2D eigenvalue weighted by atomic mass is 10.1. The van der Waals surface area contributed by atoms with Gasteiger partial charge in [0.15, 0.2) is 0 Å². The van der Waals surface area contributed by atoms with E-state index in [1.807, 2.05) is 0 Å². The summed E-state index contributed by atoms with van der Waals surface area (Å²) in [6.07, 6.45) is 2.09. The molecule has 0 aliphatic heterocycles. The molecule has 0 saturated carbocycles. The van der Waals surface area contributed by atoms with Gasteiger partial charge in [0.2, 0.25) is 0 Å². The summed E-state index contributed by atoms with van der Waals surface area (Å²) in [7, 11) is 0. The van der Waals surface area contributed by atoms with Gasteiger partial charge in [-0.1, -0.05) is 25.4 Å². The van der Waals surface area contributed by atoms with Crippen molar-refractivity contribution in [2.24, 2.45) is 0 Å². The van der Waals surface area contributed by atoms with Gasteiger partial charge in [-0.05, 0) is 31.0 Å². The Morgan fingerprint density at radius 3 is 2.50 bits per heavy atom.